The van der Waals surface area contributed by atoms with Crippen molar-refractivity contribution in [2.75, 3.05) is 6.54 Å². The minimum Gasteiger partial charge on any atom is -0.331 e. The molecule has 0 spiro atoms. The molecular formula is C26H26N2O. The summed E-state index contributed by atoms with van der Waals surface area (Å²) in [7, 11) is 0. The second-order valence-corrected chi connectivity index (χ2v) is 7.80. The zero-order valence-electron chi connectivity index (χ0n) is 17.2. The van der Waals surface area contributed by atoms with Gasteiger partial charge in [-0.15, -0.1) is 0 Å². The Morgan fingerprint density at radius 2 is 1.62 bits per heavy atom. The quantitative estimate of drug-likeness (QED) is 0.545. The summed E-state index contributed by atoms with van der Waals surface area (Å²) in [6.07, 6.45) is 4.26. The van der Waals surface area contributed by atoms with E-state index in [0.717, 1.165) is 27.9 Å². The third kappa shape index (κ3) is 3.86. The van der Waals surface area contributed by atoms with Crippen LogP contribution in [0.3, 0.4) is 0 Å². The predicted octanol–water partition coefficient (Wildman–Crippen LogP) is 5.69. The van der Waals surface area contributed by atoms with E-state index in [1.807, 2.05) is 47.5 Å². The third-order valence-electron chi connectivity index (χ3n) is 5.70. The zero-order valence-corrected chi connectivity index (χ0v) is 17.2. The van der Waals surface area contributed by atoms with Crippen LogP contribution in [0.2, 0.25) is 0 Å². The van der Waals surface area contributed by atoms with Crippen molar-refractivity contribution in [3.05, 3.63) is 101 Å². The molecule has 2 atom stereocenters. The Hall–Kier alpha value is -3.20. The zero-order chi connectivity index (χ0) is 20.4. The topological polar surface area (TPSA) is 33.2 Å². The van der Waals surface area contributed by atoms with Crippen LogP contribution < -0.4 is 0 Å². The van der Waals surface area contributed by atoms with Gasteiger partial charge in [0.15, 0.2) is 0 Å². The van der Waals surface area contributed by atoms with Gasteiger partial charge in [0.1, 0.15) is 0 Å². The van der Waals surface area contributed by atoms with Crippen molar-refractivity contribution in [2.45, 2.75) is 32.7 Å². The van der Waals surface area contributed by atoms with Crippen LogP contribution in [0.15, 0.2) is 84.6 Å². The summed E-state index contributed by atoms with van der Waals surface area (Å²) in [5.41, 5.74) is 6.80. The maximum Gasteiger partial charge on any atom is 0.220 e. The normalized spacial score (nSPS) is 19.0. The van der Waals surface area contributed by atoms with Gasteiger partial charge in [0.25, 0.3) is 0 Å². The molecule has 3 heteroatoms. The molecule has 0 fully saturated rings. The largest absolute Gasteiger partial charge is 0.331 e. The number of aryl methyl sites for hydroxylation is 1. The Morgan fingerprint density at radius 3 is 2.24 bits per heavy atom. The molecule has 2 aromatic carbocycles. The van der Waals surface area contributed by atoms with E-state index in [1.54, 1.807) is 6.92 Å². The van der Waals surface area contributed by atoms with Crippen LogP contribution in [0.1, 0.15) is 42.5 Å². The Morgan fingerprint density at radius 1 is 0.966 bits per heavy atom. The lowest BCUT2D eigenvalue weighted by molar-refractivity contribution is -0.131. The molecular weight excluding hydrogens is 356 g/mol. The molecule has 0 aliphatic carbocycles. The highest BCUT2D eigenvalue weighted by atomic mass is 16.2. The highest BCUT2D eigenvalue weighted by Crippen LogP contribution is 2.37. The van der Waals surface area contributed by atoms with Crippen LogP contribution in [0.5, 0.6) is 0 Å². The molecule has 1 aromatic heterocycles. The van der Waals surface area contributed by atoms with E-state index in [1.165, 1.54) is 5.57 Å². The molecule has 146 valence electrons. The summed E-state index contributed by atoms with van der Waals surface area (Å²) < 4.78 is 0. The second kappa shape index (κ2) is 8.04. The lowest BCUT2D eigenvalue weighted by Crippen LogP contribution is -2.39. The van der Waals surface area contributed by atoms with E-state index in [2.05, 4.69) is 50.3 Å². The first-order valence-electron chi connectivity index (χ1n) is 10.1. The van der Waals surface area contributed by atoms with Gasteiger partial charge in [0.05, 0.1) is 11.7 Å². The molecule has 1 aliphatic heterocycles. The van der Waals surface area contributed by atoms with Gasteiger partial charge in [-0.2, -0.15) is 0 Å². The van der Waals surface area contributed by atoms with E-state index >= 15 is 0 Å². The van der Waals surface area contributed by atoms with E-state index in [0.29, 0.717) is 6.54 Å². The number of benzene rings is 2. The smallest absolute Gasteiger partial charge is 0.220 e. The highest BCUT2D eigenvalue weighted by Gasteiger charge is 2.31. The van der Waals surface area contributed by atoms with Crippen molar-refractivity contribution in [1.29, 1.82) is 0 Å². The number of carbonyl (C=O) groups is 1. The number of amides is 1. The van der Waals surface area contributed by atoms with Crippen LogP contribution in [0.25, 0.3) is 11.3 Å². The molecule has 0 radical (unpaired) electrons. The number of nitrogens with zero attached hydrogens (tertiary/aromatic N) is 2. The maximum absolute atomic E-state index is 12.5. The fourth-order valence-electron chi connectivity index (χ4n) is 4.31. The number of rotatable bonds is 3. The van der Waals surface area contributed by atoms with Crippen molar-refractivity contribution in [1.82, 2.24) is 9.88 Å². The number of pyridine rings is 1. The van der Waals surface area contributed by atoms with Gasteiger partial charge in [-0.25, -0.2) is 0 Å². The molecule has 0 saturated heterocycles. The first-order valence-corrected chi connectivity index (χ1v) is 10.1. The SMILES string of the molecule is CC(=O)N1C[C@H](c2cnc(-c3ccccc3)c(C)c2)C=C(C)[C@@H]1c1ccccc1. The lowest BCUT2D eigenvalue weighted by atomic mass is 9.86. The Bertz CT molecular complexity index is 1040. The first kappa shape index (κ1) is 19.1. The van der Waals surface area contributed by atoms with Crippen LogP contribution in [0, 0.1) is 6.92 Å². The highest BCUT2D eigenvalue weighted by molar-refractivity contribution is 5.75. The molecule has 3 aromatic rings. The molecule has 1 amide bonds. The Kier molecular flexibility index (Phi) is 5.30. The van der Waals surface area contributed by atoms with Gasteiger partial charge in [-0.05, 0) is 36.1 Å². The van der Waals surface area contributed by atoms with E-state index in [4.69, 9.17) is 4.98 Å². The molecule has 1 aliphatic rings. The summed E-state index contributed by atoms with van der Waals surface area (Å²) in [4.78, 5) is 19.2. The molecule has 29 heavy (non-hydrogen) atoms. The monoisotopic (exact) mass is 382 g/mol. The number of carbonyl (C=O) groups excluding carboxylic acids is 1. The van der Waals surface area contributed by atoms with Crippen LogP contribution in [-0.4, -0.2) is 22.3 Å². The average molecular weight is 383 g/mol. The molecule has 0 N–H and O–H groups in total. The van der Waals surface area contributed by atoms with Crippen LogP contribution in [0.4, 0.5) is 0 Å². The van der Waals surface area contributed by atoms with E-state index in [9.17, 15) is 4.79 Å². The molecule has 3 nitrogen and oxygen atoms in total. The average Bonchev–Trinajstić information content (AvgIpc) is 2.74. The molecule has 4 rings (SSSR count). The summed E-state index contributed by atoms with van der Waals surface area (Å²) in [6, 6.07) is 22.7. The Balaban J connectivity index is 1.68. The van der Waals surface area contributed by atoms with Crippen molar-refractivity contribution >= 4 is 5.91 Å². The molecule has 2 heterocycles. The lowest BCUT2D eigenvalue weighted by Gasteiger charge is -2.39. The van der Waals surface area contributed by atoms with Gasteiger partial charge < -0.3 is 4.90 Å². The minimum absolute atomic E-state index is 0.00241. The number of aromatic nitrogens is 1. The predicted molar refractivity (Wildman–Crippen MR) is 117 cm³/mol. The summed E-state index contributed by atoms with van der Waals surface area (Å²) >= 11 is 0. The molecule has 0 bridgehead atoms. The third-order valence-corrected chi connectivity index (χ3v) is 5.70. The van der Waals surface area contributed by atoms with Crippen LogP contribution in [-0.2, 0) is 4.79 Å². The number of hydrogen-bond acceptors (Lipinski definition) is 2. The summed E-state index contributed by atoms with van der Waals surface area (Å²) in [5.74, 6) is 0.247. The summed E-state index contributed by atoms with van der Waals surface area (Å²) in [5, 5.41) is 0. The standard InChI is InChI=1S/C26H26N2O/c1-18-14-23(16-27-25(18)21-10-6-4-7-11-21)24-15-19(2)26(28(17-24)20(3)29)22-12-8-5-9-13-22/h4-16,24,26H,17H2,1-3H3/t24-,26-/m1/s1. The van der Waals surface area contributed by atoms with Gasteiger partial charge in [-0.3, -0.25) is 9.78 Å². The van der Waals surface area contributed by atoms with Crippen molar-refractivity contribution < 1.29 is 4.79 Å². The number of hydrogen-bond donors (Lipinski definition) is 0. The van der Waals surface area contributed by atoms with Crippen molar-refractivity contribution in [3.8, 4) is 11.3 Å². The van der Waals surface area contributed by atoms with Gasteiger partial charge in [0, 0.05) is 31.1 Å². The minimum atomic E-state index is 0.00241. The van der Waals surface area contributed by atoms with Gasteiger partial charge >= 0.3 is 0 Å². The van der Waals surface area contributed by atoms with Crippen molar-refractivity contribution in [3.63, 3.8) is 0 Å². The van der Waals surface area contributed by atoms with Gasteiger partial charge in [-0.1, -0.05) is 72.8 Å². The van der Waals surface area contributed by atoms with E-state index < -0.39 is 0 Å². The van der Waals surface area contributed by atoms with E-state index in [-0.39, 0.29) is 17.9 Å². The first-order chi connectivity index (χ1) is 14.0. The molecule has 0 saturated carbocycles. The second-order valence-electron chi connectivity index (χ2n) is 7.80. The molecule has 0 unspecified atom stereocenters. The Labute approximate surface area is 172 Å². The van der Waals surface area contributed by atoms with Crippen molar-refractivity contribution in [2.24, 2.45) is 0 Å². The van der Waals surface area contributed by atoms with Gasteiger partial charge in [0.2, 0.25) is 5.91 Å². The maximum atomic E-state index is 12.5. The van der Waals surface area contributed by atoms with Crippen LogP contribution >= 0.6 is 0 Å². The summed E-state index contributed by atoms with van der Waals surface area (Å²) in [6.45, 7) is 6.55. The fourth-order valence-corrected chi connectivity index (χ4v) is 4.31. The fraction of sp³-hybridized carbons (Fsp3) is 0.231.